The lowest BCUT2D eigenvalue weighted by Crippen LogP contribution is -2.48. The second-order valence-electron chi connectivity index (χ2n) is 6.07. The largest absolute Gasteiger partial charge is 0.330 e. The molecule has 1 aromatic rings. The third-order valence-corrected chi connectivity index (χ3v) is 4.22. The van der Waals surface area contributed by atoms with E-state index in [1.165, 1.54) is 51.1 Å². The lowest BCUT2D eigenvalue weighted by atomic mass is 10.1. The number of aryl methyl sites for hydroxylation is 1. The molecule has 1 saturated heterocycles. The van der Waals surface area contributed by atoms with Gasteiger partial charge in [0, 0.05) is 32.7 Å². The van der Waals surface area contributed by atoms with Gasteiger partial charge in [0.1, 0.15) is 0 Å². The van der Waals surface area contributed by atoms with Crippen molar-refractivity contribution in [3.63, 3.8) is 0 Å². The molecular weight excluding hydrogens is 246 g/mol. The number of hydrogen-bond acceptors (Lipinski definition) is 3. The van der Waals surface area contributed by atoms with E-state index in [0.717, 1.165) is 13.1 Å². The summed E-state index contributed by atoms with van der Waals surface area (Å²) in [7, 11) is 0. The maximum atomic E-state index is 5.70. The Hall–Kier alpha value is -0.900. The third kappa shape index (κ3) is 5.23. The van der Waals surface area contributed by atoms with Crippen LogP contribution in [0, 0.1) is 5.92 Å². The number of rotatable bonds is 7. The molecule has 0 amide bonds. The van der Waals surface area contributed by atoms with Crippen molar-refractivity contribution in [2.45, 2.75) is 19.8 Å². The first-order valence-corrected chi connectivity index (χ1v) is 7.96. The summed E-state index contributed by atoms with van der Waals surface area (Å²) in [5.74, 6) is 0.625. The van der Waals surface area contributed by atoms with Gasteiger partial charge in [-0.25, -0.2) is 0 Å². The number of benzene rings is 1. The highest BCUT2D eigenvalue weighted by Crippen LogP contribution is 2.08. The van der Waals surface area contributed by atoms with Crippen LogP contribution in [-0.2, 0) is 6.42 Å². The molecule has 3 heteroatoms. The van der Waals surface area contributed by atoms with Gasteiger partial charge in [0.15, 0.2) is 0 Å². The van der Waals surface area contributed by atoms with E-state index in [2.05, 4.69) is 47.1 Å². The van der Waals surface area contributed by atoms with Gasteiger partial charge in [0.05, 0.1) is 0 Å². The maximum Gasteiger partial charge on any atom is 0.0110 e. The molecule has 0 aromatic heterocycles. The number of hydrogen-bond donors (Lipinski definition) is 1. The van der Waals surface area contributed by atoms with Crippen LogP contribution in [0.3, 0.4) is 0 Å². The molecule has 112 valence electrons. The second-order valence-corrected chi connectivity index (χ2v) is 6.07. The third-order valence-electron chi connectivity index (χ3n) is 4.22. The van der Waals surface area contributed by atoms with Gasteiger partial charge >= 0.3 is 0 Å². The van der Waals surface area contributed by atoms with Gasteiger partial charge in [-0.2, -0.15) is 0 Å². The molecule has 0 bridgehead atoms. The summed E-state index contributed by atoms with van der Waals surface area (Å²) in [6.45, 7) is 10.3. The molecule has 20 heavy (non-hydrogen) atoms. The highest BCUT2D eigenvalue weighted by molar-refractivity contribution is 5.14. The molecule has 3 nitrogen and oxygen atoms in total. The van der Waals surface area contributed by atoms with Crippen molar-refractivity contribution in [1.82, 2.24) is 9.80 Å². The second kappa shape index (κ2) is 8.40. The highest BCUT2D eigenvalue weighted by Gasteiger charge is 2.17. The van der Waals surface area contributed by atoms with E-state index in [1.54, 1.807) is 0 Å². The molecule has 0 aliphatic carbocycles. The van der Waals surface area contributed by atoms with Crippen molar-refractivity contribution >= 4 is 0 Å². The minimum absolute atomic E-state index is 0.625. The maximum absolute atomic E-state index is 5.70. The van der Waals surface area contributed by atoms with E-state index < -0.39 is 0 Å². The summed E-state index contributed by atoms with van der Waals surface area (Å²) in [6, 6.07) is 10.8. The van der Waals surface area contributed by atoms with Gasteiger partial charge in [-0.1, -0.05) is 37.3 Å². The molecule has 1 heterocycles. The normalized spacial score (nSPS) is 19.1. The van der Waals surface area contributed by atoms with Gasteiger partial charge in [-0.05, 0) is 37.4 Å². The first kappa shape index (κ1) is 15.5. The molecule has 1 aliphatic heterocycles. The SMILES string of the molecule is CC(CN)CN1CCN(CCCc2ccccc2)CC1. The van der Waals surface area contributed by atoms with Crippen LogP contribution in [0.4, 0.5) is 0 Å². The summed E-state index contributed by atoms with van der Waals surface area (Å²) in [5.41, 5.74) is 7.16. The van der Waals surface area contributed by atoms with Crippen molar-refractivity contribution in [2.24, 2.45) is 11.7 Å². The Morgan fingerprint density at radius 2 is 1.70 bits per heavy atom. The Kier molecular flexibility index (Phi) is 6.51. The Morgan fingerprint density at radius 3 is 2.35 bits per heavy atom. The van der Waals surface area contributed by atoms with Crippen LogP contribution in [0.5, 0.6) is 0 Å². The van der Waals surface area contributed by atoms with Crippen LogP contribution in [0.25, 0.3) is 0 Å². The molecule has 2 N–H and O–H groups in total. The van der Waals surface area contributed by atoms with Gasteiger partial charge < -0.3 is 15.5 Å². The molecular formula is C17H29N3. The van der Waals surface area contributed by atoms with E-state index in [4.69, 9.17) is 5.73 Å². The minimum atomic E-state index is 0.625. The van der Waals surface area contributed by atoms with Crippen molar-refractivity contribution in [1.29, 1.82) is 0 Å². The Morgan fingerprint density at radius 1 is 1.05 bits per heavy atom. The van der Waals surface area contributed by atoms with Crippen molar-refractivity contribution < 1.29 is 0 Å². The lowest BCUT2D eigenvalue weighted by Gasteiger charge is -2.35. The predicted molar refractivity (Wildman–Crippen MR) is 85.9 cm³/mol. The quantitative estimate of drug-likeness (QED) is 0.824. The van der Waals surface area contributed by atoms with Crippen molar-refractivity contribution in [3.05, 3.63) is 35.9 Å². The molecule has 1 unspecified atom stereocenters. The van der Waals surface area contributed by atoms with Gasteiger partial charge in [0.2, 0.25) is 0 Å². The standard InChI is InChI=1S/C17H29N3/c1-16(14-18)15-20-12-10-19(11-13-20)9-5-8-17-6-3-2-4-7-17/h2-4,6-7,16H,5,8-15,18H2,1H3. The fraction of sp³-hybridized carbons (Fsp3) is 0.647. The van der Waals surface area contributed by atoms with Crippen LogP contribution in [0.2, 0.25) is 0 Å². The smallest absolute Gasteiger partial charge is 0.0110 e. The fourth-order valence-corrected chi connectivity index (χ4v) is 2.86. The van der Waals surface area contributed by atoms with Crippen LogP contribution in [-0.4, -0.2) is 55.6 Å². The summed E-state index contributed by atoms with van der Waals surface area (Å²) in [6.07, 6.45) is 2.47. The Bertz CT molecular complexity index is 358. The van der Waals surface area contributed by atoms with Gasteiger partial charge in [0.25, 0.3) is 0 Å². The molecule has 2 rings (SSSR count). The van der Waals surface area contributed by atoms with Gasteiger partial charge in [-0.15, -0.1) is 0 Å². The van der Waals surface area contributed by atoms with E-state index in [1.807, 2.05) is 0 Å². The van der Waals surface area contributed by atoms with Crippen LogP contribution in [0.15, 0.2) is 30.3 Å². The summed E-state index contributed by atoms with van der Waals surface area (Å²) in [5, 5.41) is 0. The van der Waals surface area contributed by atoms with Crippen LogP contribution < -0.4 is 5.73 Å². The van der Waals surface area contributed by atoms with Gasteiger partial charge in [-0.3, -0.25) is 0 Å². The average molecular weight is 275 g/mol. The topological polar surface area (TPSA) is 32.5 Å². The summed E-state index contributed by atoms with van der Waals surface area (Å²) >= 11 is 0. The van der Waals surface area contributed by atoms with E-state index in [-0.39, 0.29) is 0 Å². The Labute approximate surface area is 123 Å². The number of piperazine rings is 1. The van der Waals surface area contributed by atoms with Crippen molar-refractivity contribution in [2.75, 3.05) is 45.8 Å². The number of nitrogens with zero attached hydrogens (tertiary/aromatic N) is 2. The van der Waals surface area contributed by atoms with E-state index in [0.29, 0.717) is 5.92 Å². The zero-order valence-electron chi connectivity index (χ0n) is 12.8. The first-order valence-electron chi connectivity index (χ1n) is 7.96. The lowest BCUT2D eigenvalue weighted by molar-refractivity contribution is 0.120. The zero-order valence-corrected chi connectivity index (χ0v) is 12.8. The Balaban J connectivity index is 1.60. The minimum Gasteiger partial charge on any atom is -0.330 e. The first-order chi connectivity index (χ1) is 9.78. The van der Waals surface area contributed by atoms with Crippen LogP contribution >= 0.6 is 0 Å². The van der Waals surface area contributed by atoms with E-state index in [9.17, 15) is 0 Å². The molecule has 1 aromatic carbocycles. The summed E-state index contributed by atoms with van der Waals surface area (Å²) in [4.78, 5) is 5.16. The molecule has 1 aliphatic rings. The zero-order chi connectivity index (χ0) is 14.2. The molecule has 1 atom stereocenters. The summed E-state index contributed by atoms with van der Waals surface area (Å²) < 4.78 is 0. The highest BCUT2D eigenvalue weighted by atomic mass is 15.3. The average Bonchev–Trinajstić information content (AvgIpc) is 2.50. The van der Waals surface area contributed by atoms with Crippen molar-refractivity contribution in [3.8, 4) is 0 Å². The predicted octanol–water partition coefficient (Wildman–Crippen LogP) is 1.83. The molecule has 0 spiro atoms. The molecule has 0 saturated carbocycles. The number of nitrogens with two attached hydrogens (primary N) is 1. The van der Waals surface area contributed by atoms with E-state index >= 15 is 0 Å². The monoisotopic (exact) mass is 275 g/mol. The molecule has 1 fully saturated rings. The fourth-order valence-electron chi connectivity index (χ4n) is 2.86. The molecule has 0 radical (unpaired) electrons. The van der Waals surface area contributed by atoms with Crippen LogP contribution in [0.1, 0.15) is 18.9 Å².